The van der Waals surface area contributed by atoms with Crippen LogP contribution in [0.15, 0.2) is 54.6 Å². The van der Waals surface area contributed by atoms with E-state index in [4.69, 9.17) is 0 Å². The van der Waals surface area contributed by atoms with Crippen LogP contribution in [0.5, 0.6) is 0 Å². The third-order valence-electron chi connectivity index (χ3n) is 4.44. The lowest BCUT2D eigenvalue weighted by Crippen LogP contribution is -2.41. The number of para-hydroxylation sites is 1. The van der Waals surface area contributed by atoms with E-state index in [1.54, 1.807) is 0 Å². The van der Waals surface area contributed by atoms with Crippen molar-refractivity contribution in [2.45, 2.75) is 31.5 Å². The van der Waals surface area contributed by atoms with Crippen molar-refractivity contribution >= 4 is 14.0 Å². The highest BCUT2D eigenvalue weighted by Crippen LogP contribution is 2.39. The van der Waals surface area contributed by atoms with E-state index in [1.807, 2.05) is 19.2 Å². The van der Waals surface area contributed by atoms with Crippen molar-refractivity contribution in [1.82, 2.24) is 0 Å². The maximum atomic E-state index is 11.3. The summed E-state index contributed by atoms with van der Waals surface area (Å²) in [5.74, 6) is 0. The van der Waals surface area contributed by atoms with Gasteiger partial charge in [-0.25, -0.2) is 0 Å². The third-order valence-corrected chi connectivity index (χ3v) is 8.60. The fraction of sp³-hybridized carbons (Fsp3) is 0.333. The average molecular weight is 299 g/mol. The molecule has 0 fully saturated rings. The van der Waals surface area contributed by atoms with Crippen LogP contribution in [0.1, 0.15) is 30.5 Å². The molecule has 2 rings (SSSR count). The summed E-state index contributed by atoms with van der Waals surface area (Å²) in [5, 5.41) is 3.28. The Hall–Kier alpha value is -1.58. The summed E-state index contributed by atoms with van der Waals surface area (Å²) < 4.78 is 0. The summed E-state index contributed by atoms with van der Waals surface area (Å²) in [7, 11) is -0.452. The molecule has 1 atom stereocenters. The van der Waals surface area contributed by atoms with E-state index in [0.29, 0.717) is 0 Å². The summed E-state index contributed by atoms with van der Waals surface area (Å²) in [5.41, 5.74) is 3.65. The first kappa shape index (κ1) is 15.8. The fourth-order valence-electron chi connectivity index (χ4n) is 3.06. The molecule has 0 aromatic heterocycles. The molecule has 0 amide bonds. The maximum Gasteiger partial charge on any atom is 0.199 e. The third kappa shape index (κ3) is 3.19. The Labute approximate surface area is 129 Å². The zero-order chi connectivity index (χ0) is 15.3. The second kappa shape index (κ2) is 6.92. The molecule has 0 aliphatic heterocycles. The molecule has 0 saturated heterocycles. The van der Waals surface area contributed by atoms with E-state index in [2.05, 4.69) is 61.6 Å². The highest BCUT2D eigenvalue weighted by atomic mass is 28.4. The van der Waals surface area contributed by atoms with Gasteiger partial charge in [0.1, 0.15) is 0 Å². The largest absolute Gasteiger partial charge is 0.431 e. The molecule has 2 N–H and O–H groups in total. The van der Waals surface area contributed by atoms with Gasteiger partial charge < -0.3 is 10.1 Å². The first-order valence-corrected chi connectivity index (χ1v) is 10.1. The minimum atomic E-state index is -2.40. The Morgan fingerprint density at radius 1 is 0.952 bits per heavy atom. The van der Waals surface area contributed by atoms with Crippen molar-refractivity contribution in [3.8, 4) is 0 Å². The van der Waals surface area contributed by atoms with Gasteiger partial charge in [0.15, 0.2) is 8.32 Å². The van der Waals surface area contributed by atoms with Gasteiger partial charge in [0, 0.05) is 18.3 Å². The molecule has 2 aromatic carbocycles. The molecule has 0 radical (unpaired) electrons. The number of rotatable bonds is 6. The van der Waals surface area contributed by atoms with Crippen LogP contribution >= 0.6 is 0 Å². The Kier molecular flexibility index (Phi) is 5.20. The summed E-state index contributed by atoms with van der Waals surface area (Å²) in [4.78, 5) is 11.3. The lowest BCUT2D eigenvalue weighted by molar-refractivity contribution is 0.517. The summed E-state index contributed by atoms with van der Waals surface area (Å²) in [6, 6.07) is 20.5. The Morgan fingerprint density at radius 2 is 1.52 bits per heavy atom. The predicted octanol–water partition coefficient (Wildman–Crippen LogP) is 4.38. The molecule has 0 bridgehead atoms. The van der Waals surface area contributed by atoms with E-state index in [-0.39, 0.29) is 5.54 Å². The van der Waals surface area contributed by atoms with Crippen molar-refractivity contribution < 1.29 is 4.80 Å². The molecule has 0 aliphatic rings. The first-order valence-electron chi connectivity index (χ1n) is 7.70. The van der Waals surface area contributed by atoms with Crippen LogP contribution in [0, 0.1) is 0 Å². The van der Waals surface area contributed by atoms with E-state index in [9.17, 15) is 4.80 Å². The van der Waals surface area contributed by atoms with Gasteiger partial charge in [0.05, 0.1) is 0 Å². The van der Waals surface area contributed by atoms with Gasteiger partial charge in [-0.05, 0) is 29.3 Å². The molecule has 0 aliphatic carbocycles. The number of anilines is 1. The molecule has 112 valence electrons. The number of hydrogen-bond donors (Lipinski definition) is 2. The van der Waals surface area contributed by atoms with Crippen molar-refractivity contribution in [2.75, 3.05) is 12.4 Å². The SMILES string of the molecule is CC[Si](O)(CC)C(c1ccccc1)c1ccccc1NC. The lowest BCUT2D eigenvalue weighted by Gasteiger charge is -2.34. The van der Waals surface area contributed by atoms with Crippen LogP contribution in [0.2, 0.25) is 12.1 Å². The van der Waals surface area contributed by atoms with E-state index in [0.717, 1.165) is 17.8 Å². The normalized spacial score (nSPS) is 13.0. The molecule has 21 heavy (non-hydrogen) atoms. The highest BCUT2D eigenvalue weighted by Gasteiger charge is 2.39. The molecular weight excluding hydrogens is 274 g/mol. The standard InChI is InChI=1S/C18H25NOSi/c1-4-21(20,5-2)18(15-11-7-6-8-12-15)16-13-9-10-14-17(16)19-3/h6-14,18-20H,4-5H2,1-3H3. The predicted molar refractivity (Wildman–Crippen MR) is 93.2 cm³/mol. The van der Waals surface area contributed by atoms with Crippen LogP contribution in [0.3, 0.4) is 0 Å². The number of hydrogen-bond acceptors (Lipinski definition) is 2. The Bertz CT molecular complexity index is 566. The maximum absolute atomic E-state index is 11.3. The Morgan fingerprint density at radius 3 is 2.10 bits per heavy atom. The minimum absolute atomic E-state index is 0.109. The van der Waals surface area contributed by atoms with E-state index < -0.39 is 8.32 Å². The van der Waals surface area contributed by atoms with Crippen LogP contribution in [0.25, 0.3) is 0 Å². The molecule has 2 nitrogen and oxygen atoms in total. The fourth-order valence-corrected chi connectivity index (χ4v) is 6.02. The van der Waals surface area contributed by atoms with Gasteiger partial charge in [0.2, 0.25) is 0 Å². The summed E-state index contributed by atoms with van der Waals surface area (Å²) >= 11 is 0. The number of nitrogens with one attached hydrogen (secondary N) is 1. The van der Waals surface area contributed by atoms with Crippen molar-refractivity contribution in [2.24, 2.45) is 0 Å². The molecule has 0 heterocycles. The number of benzene rings is 2. The van der Waals surface area contributed by atoms with Crippen LogP contribution < -0.4 is 5.32 Å². The van der Waals surface area contributed by atoms with Crippen molar-refractivity contribution in [1.29, 1.82) is 0 Å². The van der Waals surface area contributed by atoms with Gasteiger partial charge in [-0.2, -0.15) is 0 Å². The second-order valence-corrected chi connectivity index (χ2v) is 9.69. The summed E-state index contributed by atoms with van der Waals surface area (Å²) in [6.45, 7) is 4.24. The zero-order valence-corrected chi connectivity index (χ0v) is 14.1. The van der Waals surface area contributed by atoms with Gasteiger partial charge >= 0.3 is 0 Å². The van der Waals surface area contributed by atoms with Gasteiger partial charge in [-0.1, -0.05) is 62.4 Å². The zero-order valence-electron chi connectivity index (χ0n) is 13.1. The second-order valence-electron chi connectivity index (χ2n) is 5.49. The van der Waals surface area contributed by atoms with Crippen LogP contribution in [0.4, 0.5) is 5.69 Å². The van der Waals surface area contributed by atoms with Gasteiger partial charge in [-0.3, -0.25) is 0 Å². The lowest BCUT2D eigenvalue weighted by atomic mass is 10.0. The molecule has 3 heteroatoms. The van der Waals surface area contributed by atoms with E-state index >= 15 is 0 Å². The molecule has 2 aromatic rings. The average Bonchev–Trinajstić information content (AvgIpc) is 2.56. The molecular formula is C18H25NOSi. The van der Waals surface area contributed by atoms with Gasteiger partial charge in [-0.15, -0.1) is 0 Å². The highest BCUT2D eigenvalue weighted by molar-refractivity contribution is 6.74. The topological polar surface area (TPSA) is 32.3 Å². The van der Waals surface area contributed by atoms with Crippen LogP contribution in [-0.2, 0) is 0 Å². The van der Waals surface area contributed by atoms with Crippen molar-refractivity contribution in [3.05, 3.63) is 65.7 Å². The Balaban J connectivity index is 2.61. The first-order chi connectivity index (χ1) is 10.2. The monoisotopic (exact) mass is 299 g/mol. The van der Waals surface area contributed by atoms with E-state index in [1.165, 1.54) is 11.1 Å². The molecule has 0 spiro atoms. The van der Waals surface area contributed by atoms with Crippen LogP contribution in [-0.4, -0.2) is 20.2 Å². The smallest absolute Gasteiger partial charge is 0.199 e. The summed E-state index contributed by atoms with van der Waals surface area (Å²) in [6.07, 6.45) is 0. The molecule has 0 saturated carbocycles. The van der Waals surface area contributed by atoms with Crippen molar-refractivity contribution in [3.63, 3.8) is 0 Å². The minimum Gasteiger partial charge on any atom is -0.431 e. The quantitative estimate of drug-likeness (QED) is 0.776. The molecule has 1 unspecified atom stereocenters. The van der Waals surface area contributed by atoms with Gasteiger partial charge in [0.25, 0.3) is 0 Å².